The highest BCUT2D eigenvalue weighted by atomic mass is 32.2. The van der Waals surface area contributed by atoms with Gasteiger partial charge in [-0.25, -0.2) is 9.67 Å². The van der Waals surface area contributed by atoms with Crippen molar-refractivity contribution in [3.8, 4) is 5.82 Å². The van der Waals surface area contributed by atoms with Gasteiger partial charge < -0.3 is 10.2 Å². The molecule has 1 N–H and O–H groups in total. The van der Waals surface area contributed by atoms with E-state index < -0.39 is 0 Å². The molecule has 3 heterocycles. The van der Waals surface area contributed by atoms with Crippen molar-refractivity contribution in [2.45, 2.75) is 13.0 Å². The lowest BCUT2D eigenvalue weighted by Crippen LogP contribution is -2.30. The Bertz CT molecular complexity index is 689. The molecule has 0 unspecified atom stereocenters. The molecule has 23 heavy (non-hydrogen) atoms. The fourth-order valence-corrected chi connectivity index (χ4v) is 3.11. The number of amides is 2. The number of carbonyl (C=O) groups is 2. The molecule has 2 aromatic rings. The van der Waals surface area contributed by atoms with E-state index in [0.717, 1.165) is 17.9 Å². The van der Waals surface area contributed by atoms with Gasteiger partial charge in [0, 0.05) is 50.4 Å². The van der Waals surface area contributed by atoms with Crippen LogP contribution < -0.4 is 5.32 Å². The van der Waals surface area contributed by atoms with Gasteiger partial charge in [0.25, 0.3) is 5.24 Å². The fourth-order valence-electron chi connectivity index (χ4n) is 2.25. The summed E-state index contributed by atoms with van der Waals surface area (Å²) in [6, 6.07) is 5.57. The zero-order valence-electron chi connectivity index (χ0n) is 12.5. The summed E-state index contributed by atoms with van der Waals surface area (Å²) in [5.41, 5.74) is 0.951. The minimum atomic E-state index is -0.0628. The van der Waals surface area contributed by atoms with Crippen molar-refractivity contribution in [3.63, 3.8) is 0 Å². The number of nitrogens with zero attached hydrogens (tertiary/aromatic N) is 4. The monoisotopic (exact) mass is 331 g/mol. The van der Waals surface area contributed by atoms with Gasteiger partial charge in [-0.1, -0.05) is 11.8 Å². The molecular formula is C15H17N5O2S. The Balaban J connectivity index is 1.49. The second-order valence-electron chi connectivity index (χ2n) is 5.10. The molecule has 0 aliphatic carbocycles. The Kier molecular flexibility index (Phi) is 4.92. The third-order valence-electron chi connectivity index (χ3n) is 3.49. The van der Waals surface area contributed by atoms with E-state index in [1.165, 1.54) is 11.8 Å². The van der Waals surface area contributed by atoms with Crippen LogP contribution in [0.3, 0.4) is 0 Å². The zero-order chi connectivity index (χ0) is 16.1. The molecule has 3 rings (SSSR count). The Morgan fingerprint density at radius 1 is 1.39 bits per heavy atom. The topological polar surface area (TPSA) is 80.1 Å². The quantitative estimate of drug-likeness (QED) is 0.866. The number of carbonyl (C=O) groups excluding carboxylic acids is 2. The van der Waals surface area contributed by atoms with Gasteiger partial charge in [-0.05, 0) is 23.8 Å². The number of pyridine rings is 1. The SMILES string of the molecule is O=C(CCN1CCSC1=O)NCc1ccnc(-n2cccn2)c1. The minimum absolute atomic E-state index is 0.0628. The van der Waals surface area contributed by atoms with Crippen molar-refractivity contribution in [2.75, 3.05) is 18.8 Å². The van der Waals surface area contributed by atoms with Crippen molar-refractivity contribution in [3.05, 3.63) is 42.4 Å². The number of thioether (sulfide) groups is 1. The molecular weight excluding hydrogens is 314 g/mol. The molecule has 1 saturated heterocycles. The third kappa shape index (κ3) is 4.10. The van der Waals surface area contributed by atoms with Crippen molar-refractivity contribution in [1.82, 2.24) is 25.0 Å². The predicted molar refractivity (Wildman–Crippen MR) is 87.2 cm³/mol. The van der Waals surface area contributed by atoms with Crippen LogP contribution in [0.5, 0.6) is 0 Å². The molecule has 1 aliphatic heterocycles. The maximum absolute atomic E-state index is 11.9. The first-order chi connectivity index (χ1) is 11.2. The van der Waals surface area contributed by atoms with Crippen molar-refractivity contribution < 1.29 is 9.59 Å². The van der Waals surface area contributed by atoms with Crippen LogP contribution in [0.2, 0.25) is 0 Å². The van der Waals surface area contributed by atoms with Crippen LogP contribution in [0.1, 0.15) is 12.0 Å². The smallest absolute Gasteiger partial charge is 0.281 e. The van der Waals surface area contributed by atoms with Crippen LogP contribution in [0.25, 0.3) is 5.82 Å². The molecule has 8 heteroatoms. The summed E-state index contributed by atoms with van der Waals surface area (Å²) in [6.07, 6.45) is 5.52. The van der Waals surface area contributed by atoms with Crippen molar-refractivity contribution in [1.29, 1.82) is 0 Å². The van der Waals surface area contributed by atoms with Crippen molar-refractivity contribution in [2.24, 2.45) is 0 Å². The van der Waals surface area contributed by atoms with Crippen LogP contribution in [0, 0.1) is 0 Å². The summed E-state index contributed by atoms with van der Waals surface area (Å²) in [7, 11) is 0. The van der Waals surface area contributed by atoms with E-state index in [1.54, 1.807) is 22.0 Å². The first-order valence-corrected chi connectivity index (χ1v) is 8.34. The second kappa shape index (κ2) is 7.28. The number of nitrogens with one attached hydrogen (secondary N) is 1. The summed E-state index contributed by atoms with van der Waals surface area (Å²) in [6.45, 7) is 1.64. The molecule has 1 fully saturated rings. The van der Waals surface area contributed by atoms with Crippen LogP contribution in [-0.2, 0) is 11.3 Å². The van der Waals surface area contributed by atoms with Gasteiger partial charge in [0.1, 0.15) is 0 Å². The van der Waals surface area contributed by atoms with E-state index in [0.29, 0.717) is 25.3 Å². The van der Waals surface area contributed by atoms with Crippen LogP contribution in [-0.4, -0.2) is 49.7 Å². The number of hydrogen-bond donors (Lipinski definition) is 1. The van der Waals surface area contributed by atoms with Gasteiger partial charge in [0.2, 0.25) is 5.91 Å². The van der Waals surface area contributed by atoms with Gasteiger partial charge in [-0.3, -0.25) is 9.59 Å². The van der Waals surface area contributed by atoms with Gasteiger partial charge in [-0.2, -0.15) is 5.10 Å². The van der Waals surface area contributed by atoms with E-state index in [2.05, 4.69) is 15.4 Å². The highest BCUT2D eigenvalue weighted by molar-refractivity contribution is 8.13. The summed E-state index contributed by atoms with van der Waals surface area (Å²) in [5, 5.41) is 7.07. The third-order valence-corrected chi connectivity index (χ3v) is 4.38. The Hall–Kier alpha value is -2.35. The summed E-state index contributed by atoms with van der Waals surface area (Å²) in [4.78, 5) is 29.3. The first kappa shape index (κ1) is 15.5. The van der Waals surface area contributed by atoms with Gasteiger partial charge in [0.15, 0.2) is 5.82 Å². The molecule has 120 valence electrons. The molecule has 1 aliphatic rings. The minimum Gasteiger partial charge on any atom is -0.352 e. The van der Waals surface area contributed by atoms with E-state index in [1.807, 2.05) is 24.4 Å². The maximum atomic E-state index is 11.9. The molecule has 7 nitrogen and oxygen atoms in total. The average molecular weight is 331 g/mol. The summed E-state index contributed by atoms with van der Waals surface area (Å²) < 4.78 is 1.67. The van der Waals surface area contributed by atoms with E-state index in [9.17, 15) is 9.59 Å². The van der Waals surface area contributed by atoms with Gasteiger partial charge in [0.05, 0.1) is 0 Å². The lowest BCUT2D eigenvalue weighted by atomic mass is 10.2. The molecule has 0 saturated carbocycles. The average Bonchev–Trinajstić information content (AvgIpc) is 3.23. The van der Waals surface area contributed by atoms with Crippen molar-refractivity contribution >= 4 is 22.9 Å². The molecule has 0 bridgehead atoms. The number of aromatic nitrogens is 3. The van der Waals surface area contributed by atoms with Gasteiger partial charge >= 0.3 is 0 Å². The van der Waals surface area contributed by atoms with E-state index >= 15 is 0 Å². The Morgan fingerprint density at radius 3 is 3.04 bits per heavy atom. The second-order valence-corrected chi connectivity index (χ2v) is 6.15. The highest BCUT2D eigenvalue weighted by Crippen LogP contribution is 2.17. The standard InChI is InChI=1S/C15H17N5O2S/c21-14(3-7-19-8-9-23-15(19)22)17-11-12-2-5-16-13(10-12)20-6-1-4-18-20/h1-2,4-6,10H,3,7-9,11H2,(H,17,21). The fraction of sp³-hybridized carbons (Fsp3) is 0.333. The number of hydrogen-bond acceptors (Lipinski definition) is 5. The summed E-state index contributed by atoms with van der Waals surface area (Å²) >= 11 is 1.31. The maximum Gasteiger partial charge on any atom is 0.281 e. The molecule has 2 amide bonds. The van der Waals surface area contributed by atoms with E-state index in [4.69, 9.17) is 0 Å². The Morgan fingerprint density at radius 2 is 2.30 bits per heavy atom. The van der Waals surface area contributed by atoms with Crippen LogP contribution >= 0.6 is 11.8 Å². The summed E-state index contributed by atoms with van der Waals surface area (Å²) in [5.74, 6) is 1.46. The molecule has 0 spiro atoms. The molecule has 0 aromatic carbocycles. The lowest BCUT2D eigenvalue weighted by molar-refractivity contribution is -0.121. The number of rotatable bonds is 6. The van der Waals surface area contributed by atoms with Crippen LogP contribution in [0.4, 0.5) is 4.79 Å². The van der Waals surface area contributed by atoms with E-state index in [-0.39, 0.29) is 11.1 Å². The Labute approximate surface area is 138 Å². The first-order valence-electron chi connectivity index (χ1n) is 7.36. The lowest BCUT2D eigenvalue weighted by Gasteiger charge is -2.14. The van der Waals surface area contributed by atoms with Crippen LogP contribution in [0.15, 0.2) is 36.8 Å². The van der Waals surface area contributed by atoms with Gasteiger partial charge in [-0.15, -0.1) is 0 Å². The molecule has 0 atom stereocenters. The molecule has 0 radical (unpaired) electrons. The zero-order valence-corrected chi connectivity index (χ0v) is 13.3. The predicted octanol–water partition coefficient (Wildman–Crippen LogP) is 1.44. The largest absolute Gasteiger partial charge is 0.352 e. The molecule has 2 aromatic heterocycles. The highest BCUT2D eigenvalue weighted by Gasteiger charge is 2.21. The normalized spacial score (nSPS) is 14.3.